The predicted molar refractivity (Wildman–Crippen MR) is 56.2 cm³/mol. The minimum Gasteiger partial charge on any atom is -0.357 e. The molecule has 1 aromatic heterocycles. The van der Waals surface area contributed by atoms with Crippen LogP contribution in [-0.4, -0.2) is 27.8 Å². The lowest BCUT2D eigenvalue weighted by atomic mass is 10.5. The zero-order chi connectivity index (χ0) is 9.97. The van der Waals surface area contributed by atoms with Crippen LogP contribution in [0.5, 0.6) is 0 Å². The van der Waals surface area contributed by atoms with E-state index in [0.29, 0.717) is 0 Å². The van der Waals surface area contributed by atoms with E-state index in [2.05, 4.69) is 45.8 Å². The number of rotatable bonds is 3. The summed E-state index contributed by atoms with van der Waals surface area (Å²) in [6.07, 6.45) is 9.01. The Balaban J connectivity index is 2.14. The lowest BCUT2D eigenvalue weighted by Crippen LogP contribution is -2.33. The smallest absolute Gasteiger partial charge is 0.127 e. The summed E-state index contributed by atoms with van der Waals surface area (Å²) in [4.78, 5) is 6.55. The molecule has 0 aliphatic carbocycles. The van der Waals surface area contributed by atoms with E-state index in [9.17, 15) is 0 Å². The van der Waals surface area contributed by atoms with Gasteiger partial charge >= 0.3 is 0 Å². The highest BCUT2D eigenvalue weighted by Gasteiger charge is 2.13. The molecule has 0 amide bonds. The topological polar surface area (TPSA) is 24.3 Å². The first-order valence-electron chi connectivity index (χ1n) is 5.06. The van der Waals surface area contributed by atoms with Crippen LogP contribution in [0.1, 0.15) is 19.7 Å². The lowest BCUT2D eigenvalue weighted by Gasteiger charge is -2.22. The zero-order valence-corrected chi connectivity index (χ0v) is 8.72. The highest BCUT2D eigenvalue weighted by molar-refractivity contribution is 5.11. The van der Waals surface area contributed by atoms with E-state index in [1.165, 1.54) is 0 Å². The number of aryl methyl sites for hydroxylation is 1. The second-order valence-corrected chi connectivity index (χ2v) is 3.33. The van der Waals surface area contributed by atoms with Gasteiger partial charge in [-0.25, -0.2) is 9.66 Å². The molecule has 0 saturated heterocycles. The first kappa shape index (κ1) is 9.12. The molecule has 0 fully saturated rings. The first-order valence-corrected chi connectivity index (χ1v) is 5.06. The molecular weight excluding hydrogens is 176 g/mol. The van der Waals surface area contributed by atoms with Crippen molar-refractivity contribution >= 4 is 0 Å². The van der Waals surface area contributed by atoms with Crippen LogP contribution in [0.15, 0.2) is 24.8 Å². The zero-order valence-electron chi connectivity index (χ0n) is 8.72. The van der Waals surface area contributed by atoms with Crippen LogP contribution >= 0.6 is 0 Å². The Morgan fingerprint density at radius 2 is 2.21 bits per heavy atom. The fourth-order valence-electron chi connectivity index (χ4n) is 1.61. The Kier molecular flexibility index (Phi) is 2.43. The molecule has 0 spiro atoms. The van der Waals surface area contributed by atoms with Gasteiger partial charge in [0.1, 0.15) is 12.5 Å². The van der Waals surface area contributed by atoms with E-state index in [1.54, 1.807) is 0 Å². The second kappa shape index (κ2) is 3.74. The summed E-state index contributed by atoms with van der Waals surface area (Å²) in [7, 11) is 0. The molecule has 0 unspecified atom stereocenters. The van der Waals surface area contributed by atoms with E-state index in [4.69, 9.17) is 0 Å². The van der Waals surface area contributed by atoms with Gasteiger partial charge in [0.15, 0.2) is 0 Å². The predicted octanol–water partition coefficient (Wildman–Crippen LogP) is 1.15. The average molecular weight is 192 g/mol. The summed E-state index contributed by atoms with van der Waals surface area (Å²) in [5, 5.41) is 2.16. The highest BCUT2D eigenvalue weighted by atomic mass is 15.6. The Hall–Kier alpha value is -1.45. The van der Waals surface area contributed by atoms with Crippen LogP contribution in [0, 0.1) is 0 Å². The Bertz CT molecular complexity index is 329. The van der Waals surface area contributed by atoms with Gasteiger partial charge < -0.3 is 4.90 Å². The van der Waals surface area contributed by atoms with Crippen molar-refractivity contribution in [1.82, 2.24) is 14.6 Å². The molecule has 0 N–H and O–H groups in total. The molecule has 0 saturated carbocycles. The molecule has 76 valence electrons. The molecule has 2 rings (SSSR count). The highest BCUT2D eigenvalue weighted by Crippen LogP contribution is 2.08. The molecule has 4 heteroatoms. The van der Waals surface area contributed by atoms with Gasteiger partial charge in [0.2, 0.25) is 0 Å². The fourth-order valence-corrected chi connectivity index (χ4v) is 1.61. The van der Waals surface area contributed by atoms with Gasteiger partial charge in [-0.1, -0.05) is 6.92 Å². The van der Waals surface area contributed by atoms with Gasteiger partial charge in [0.05, 0.1) is 0 Å². The summed E-state index contributed by atoms with van der Waals surface area (Å²) < 4.78 is 2.10. The quantitative estimate of drug-likeness (QED) is 0.718. The van der Waals surface area contributed by atoms with Crippen molar-refractivity contribution in [3.63, 3.8) is 0 Å². The van der Waals surface area contributed by atoms with E-state index >= 15 is 0 Å². The van der Waals surface area contributed by atoms with E-state index in [1.807, 2.05) is 12.4 Å². The van der Waals surface area contributed by atoms with Crippen molar-refractivity contribution in [2.45, 2.75) is 20.3 Å². The molecule has 4 nitrogen and oxygen atoms in total. The van der Waals surface area contributed by atoms with Crippen molar-refractivity contribution in [1.29, 1.82) is 0 Å². The summed E-state index contributed by atoms with van der Waals surface area (Å²) in [5.41, 5.74) is 0. The van der Waals surface area contributed by atoms with Crippen LogP contribution in [-0.2, 0) is 6.42 Å². The Morgan fingerprint density at radius 1 is 1.36 bits per heavy atom. The maximum atomic E-state index is 4.30. The minimum absolute atomic E-state index is 0.917. The van der Waals surface area contributed by atoms with Crippen molar-refractivity contribution in [3.05, 3.63) is 30.6 Å². The molecule has 0 bridgehead atoms. The number of hydrogen-bond acceptors (Lipinski definition) is 3. The molecule has 0 aromatic carbocycles. The average Bonchev–Trinajstić information content (AvgIpc) is 2.85. The number of nitrogens with zero attached hydrogens (tertiary/aromatic N) is 4. The summed E-state index contributed by atoms with van der Waals surface area (Å²) in [5.74, 6) is 1.10. The van der Waals surface area contributed by atoms with E-state index in [0.717, 1.165) is 25.5 Å². The standard InChI is InChI=1S/C10H16N4/c1-3-10-11-5-6-14(10)13-8-7-12(4-2)9-13/h5-8H,3-4,9H2,1-2H3. The van der Waals surface area contributed by atoms with Crippen LogP contribution in [0.4, 0.5) is 0 Å². The fraction of sp³-hybridized carbons (Fsp3) is 0.500. The third-order valence-electron chi connectivity index (χ3n) is 2.47. The molecule has 2 heterocycles. The number of hydrogen-bond donors (Lipinski definition) is 0. The van der Waals surface area contributed by atoms with E-state index < -0.39 is 0 Å². The number of aromatic nitrogens is 2. The summed E-state index contributed by atoms with van der Waals surface area (Å²) in [6.45, 7) is 6.24. The van der Waals surface area contributed by atoms with Gasteiger partial charge in [0.25, 0.3) is 0 Å². The normalized spacial score (nSPS) is 15.6. The maximum Gasteiger partial charge on any atom is 0.127 e. The molecule has 14 heavy (non-hydrogen) atoms. The lowest BCUT2D eigenvalue weighted by molar-refractivity contribution is 0.402. The molecule has 1 aliphatic rings. The van der Waals surface area contributed by atoms with Crippen molar-refractivity contribution in [3.8, 4) is 0 Å². The van der Waals surface area contributed by atoms with Gasteiger partial charge in [-0.05, 0) is 6.92 Å². The molecule has 1 aromatic rings. The SMILES string of the molecule is CCc1nccn1N1C=CN(CC)C1. The molecule has 0 atom stereocenters. The van der Waals surface area contributed by atoms with Crippen molar-refractivity contribution in [2.75, 3.05) is 18.2 Å². The summed E-state index contributed by atoms with van der Waals surface area (Å²) in [6, 6.07) is 0. The van der Waals surface area contributed by atoms with Gasteiger partial charge in [-0.15, -0.1) is 0 Å². The first-order chi connectivity index (χ1) is 6.85. The molecule has 1 aliphatic heterocycles. The molecular formula is C10H16N4. The van der Waals surface area contributed by atoms with Crippen LogP contribution in [0.2, 0.25) is 0 Å². The van der Waals surface area contributed by atoms with Gasteiger partial charge in [-0.3, -0.25) is 5.01 Å². The third kappa shape index (κ3) is 1.47. The van der Waals surface area contributed by atoms with Crippen molar-refractivity contribution < 1.29 is 0 Å². The van der Waals surface area contributed by atoms with Crippen LogP contribution < -0.4 is 5.01 Å². The summed E-state index contributed by atoms with van der Waals surface area (Å²) >= 11 is 0. The van der Waals surface area contributed by atoms with Crippen LogP contribution in [0.3, 0.4) is 0 Å². The Morgan fingerprint density at radius 3 is 2.86 bits per heavy atom. The van der Waals surface area contributed by atoms with Crippen LogP contribution in [0.25, 0.3) is 0 Å². The second-order valence-electron chi connectivity index (χ2n) is 3.33. The molecule has 0 radical (unpaired) electrons. The van der Waals surface area contributed by atoms with Crippen molar-refractivity contribution in [2.24, 2.45) is 0 Å². The Labute approximate surface area is 84.4 Å². The third-order valence-corrected chi connectivity index (χ3v) is 2.47. The maximum absolute atomic E-state index is 4.30. The minimum atomic E-state index is 0.917. The van der Waals surface area contributed by atoms with Gasteiger partial charge in [0, 0.05) is 37.8 Å². The van der Waals surface area contributed by atoms with E-state index in [-0.39, 0.29) is 0 Å². The van der Waals surface area contributed by atoms with Gasteiger partial charge in [-0.2, -0.15) is 0 Å². The number of imidazole rings is 1. The monoisotopic (exact) mass is 192 g/mol. The largest absolute Gasteiger partial charge is 0.357 e.